The molecule has 10 aromatic carbocycles. The van der Waals surface area contributed by atoms with E-state index in [4.69, 9.17) is 5.73 Å². The third-order valence-electron chi connectivity index (χ3n) is 13.8. The molecule has 0 radical (unpaired) electrons. The van der Waals surface area contributed by atoms with Crippen LogP contribution < -0.4 is 21.7 Å². The molecule has 2 aliphatic rings. The molecule has 71 heavy (non-hydrogen) atoms. The van der Waals surface area contributed by atoms with Gasteiger partial charge in [0.15, 0.2) is 0 Å². The van der Waals surface area contributed by atoms with Crippen molar-refractivity contribution in [1.82, 2.24) is 0 Å². The summed E-state index contributed by atoms with van der Waals surface area (Å²) in [7, 11) is 0. The molecule has 4 nitrogen and oxygen atoms in total. The van der Waals surface area contributed by atoms with E-state index in [-0.39, 0.29) is 10.8 Å². The minimum absolute atomic E-state index is 0.0120. The van der Waals surface area contributed by atoms with Crippen LogP contribution in [0.15, 0.2) is 247 Å². The number of halogens is 1. The standard InChI is InChI=1S/C33H28N2.C18H14BrN.C15H15N/c1-33(2)29-13-7-6-12-27(29)28-21-20-26(22-30(28)33)35-32-15-9-8-14-31(32)34-25-18-16-24(17-19-25)23-10-4-3-5-11-23;19-17-8-4-5-9-18(17)20-16-12-10-15(11-13-16)14-6-2-1-3-7-14;1-15(2)13-6-4-3-5-11(13)12-8-7-10(16)9-14(12)15/h3-22,34-35H,1-2H3;1-13,20H;3-9H,16H2,1-2H3. The predicted molar refractivity (Wildman–Crippen MR) is 307 cm³/mol. The molecule has 0 amide bonds. The van der Waals surface area contributed by atoms with Crippen molar-refractivity contribution < 1.29 is 0 Å². The minimum atomic E-state index is -0.0120. The molecule has 12 rings (SSSR count). The maximum Gasteiger partial charge on any atom is 0.0623 e. The van der Waals surface area contributed by atoms with E-state index in [0.717, 1.165) is 44.3 Å². The van der Waals surface area contributed by atoms with Gasteiger partial charge in [-0.3, -0.25) is 0 Å². The van der Waals surface area contributed by atoms with Crippen molar-refractivity contribution >= 4 is 55.7 Å². The first-order valence-electron chi connectivity index (χ1n) is 24.2. The molecule has 0 saturated carbocycles. The molecule has 0 heterocycles. The Hall–Kier alpha value is -8.12. The maximum absolute atomic E-state index is 5.89. The summed E-state index contributed by atoms with van der Waals surface area (Å²) in [6, 6.07) is 84.7. The molecule has 0 fully saturated rings. The summed E-state index contributed by atoms with van der Waals surface area (Å²) in [5.41, 5.74) is 29.0. The van der Waals surface area contributed by atoms with Crippen LogP contribution in [0.3, 0.4) is 0 Å². The third-order valence-corrected chi connectivity index (χ3v) is 14.5. The van der Waals surface area contributed by atoms with E-state index in [1.807, 2.05) is 36.4 Å². The van der Waals surface area contributed by atoms with Crippen molar-refractivity contribution in [1.29, 1.82) is 0 Å². The van der Waals surface area contributed by atoms with E-state index in [1.165, 1.54) is 66.8 Å². The second kappa shape index (κ2) is 20.1. The molecule has 5 N–H and O–H groups in total. The lowest BCUT2D eigenvalue weighted by atomic mass is 9.82. The van der Waals surface area contributed by atoms with Gasteiger partial charge in [0.2, 0.25) is 0 Å². The van der Waals surface area contributed by atoms with Gasteiger partial charge in [0.1, 0.15) is 0 Å². The molecular weight excluding hydrogens is 929 g/mol. The maximum atomic E-state index is 5.89. The van der Waals surface area contributed by atoms with Crippen LogP contribution in [0.25, 0.3) is 44.5 Å². The average Bonchev–Trinajstić information content (AvgIpc) is 3.77. The molecule has 0 aliphatic heterocycles. The van der Waals surface area contributed by atoms with E-state index in [0.29, 0.717) is 0 Å². The number of fused-ring (bicyclic) bond motifs is 6. The molecule has 0 spiro atoms. The molecule has 2 aliphatic carbocycles. The smallest absolute Gasteiger partial charge is 0.0623 e. The first kappa shape index (κ1) is 46.6. The van der Waals surface area contributed by atoms with Crippen LogP contribution in [0.4, 0.5) is 39.8 Å². The Morgan fingerprint density at radius 1 is 0.310 bits per heavy atom. The zero-order chi connectivity index (χ0) is 49.0. The Kier molecular flexibility index (Phi) is 13.2. The molecule has 5 heteroatoms. The summed E-state index contributed by atoms with van der Waals surface area (Å²) in [6.45, 7) is 9.15. The van der Waals surface area contributed by atoms with Gasteiger partial charge in [0.25, 0.3) is 0 Å². The predicted octanol–water partition coefficient (Wildman–Crippen LogP) is 18.6. The second-order valence-corrected chi connectivity index (χ2v) is 20.0. The van der Waals surface area contributed by atoms with Crippen LogP contribution in [0.5, 0.6) is 0 Å². The lowest BCUT2D eigenvalue weighted by molar-refractivity contribution is 0.660. The summed E-state index contributed by atoms with van der Waals surface area (Å²) in [6.07, 6.45) is 0. The zero-order valence-electron chi connectivity index (χ0n) is 40.5. The number of rotatable bonds is 8. The van der Waals surface area contributed by atoms with Crippen molar-refractivity contribution in [3.8, 4) is 44.5 Å². The number of hydrogen-bond acceptors (Lipinski definition) is 4. The van der Waals surface area contributed by atoms with Gasteiger partial charge in [0.05, 0.1) is 17.1 Å². The van der Waals surface area contributed by atoms with Gasteiger partial charge < -0.3 is 21.7 Å². The summed E-state index contributed by atoms with van der Waals surface area (Å²) in [4.78, 5) is 0. The highest BCUT2D eigenvalue weighted by Gasteiger charge is 2.36. The number of nitrogens with one attached hydrogen (secondary N) is 3. The summed E-state index contributed by atoms with van der Waals surface area (Å²) >= 11 is 3.54. The number of benzene rings is 10. The highest BCUT2D eigenvalue weighted by molar-refractivity contribution is 9.10. The van der Waals surface area contributed by atoms with Gasteiger partial charge in [0, 0.05) is 38.1 Å². The fourth-order valence-corrected chi connectivity index (χ4v) is 10.4. The van der Waals surface area contributed by atoms with Crippen LogP contribution in [-0.4, -0.2) is 0 Å². The molecule has 0 bridgehead atoms. The monoisotopic (exact) mass is 984 g/mol. The van der Waals surface area contributed by atoms with Crippen molar-refractivity contribution in [2.24, 2.45) is 0 Å². The topological polar surface area (TPSA) is 62.1 Å². The summed E-state index contributed by atoms with van der Waals surface area (Å²) in [5.74, 6) is 0. The SMILES string of the molecule is Brc1ccccc1Nc1ccc(-c2ccccc2)cc1.CC1(C)c2ccccc2-c2ccc(N)cc21.CC1(C)c2ccccc2-c2ccc(Nc3ccccc3Nc3ccc(-c4ccccc4)cc3)cc21. The van der Waals surface area contributed by atoms with E-state index < -0.39 is 0 Å². The number of anilines is 7. The Balaban J connectivity index is 0.000000136. The molecule has 10 aromatic rings. The number of hydrogen-bond donors (Lipinski definition) is 4. The highest BCUT2D eigenvalue weighted by Crippen LogP contribution is 2.50. The van der Waals surface area contributed by atoms with E-state index >= 15 is 0 Å². The largest absolute Gasteiger partial charge is 0.399 e. The number of nitrogen functional groups attached to an aromatic ring is 1. The lowest BCUT2D eigenvalue weighted by Gasteiger charge is -2.22. The van der Waals surface area contributed by atoms with Crippen molar-refractivity contribution in [2.75, 3.05) is 21.7 Å². The molecule has 0 aromatic heterocycles. The van der Waals surface area contributed by atoms with Gasteiger partial charge in [-0.05, 0) is 155 Å². The average molecular weight is 986 g/mol. The fraction of sp³-hybridized carbons (Fsp3) is 0.0909. The van der Waals surface area contributed by atoms with Gasteiger partial charge >= 0.3 is 0 Å². The Morgan fingerprint density at radius 2 is 0.662 bits per heavy atom. The molecule has 0 atom stereocenters. The van der Waals surface area contributed by atoms with Gasteiger partial charge in [-0.2, -0.15) is 0 Å². The second-order valence-electron chi connectivity index (χ2n) is 19.2. The van der Waals surface area contributed by atoms with Crippen LogP contribution in [0.2, 0.25) is 0 Å². The zero-order valence-corrected chi connectivity index (χ0v) is 42.1. The minimum Gasteiger partial charge on any atom is -0.399 e. The Labute approximate surface area is 427 Å². The van der Waals surface area contributed by atoms with Crippen molar-refractivity contribution in [3.63, 3.8) is 0 Å². The lowest BCUT2D eigenvalue weighted by Crippen LogP contribution is -2.15. The number of para-hydroxylation sites is 3. The molecule has 0 unspecified atom stereocenters. The van der Waals surface area contributed by atoms with E-state index in [9.17, 15) is 0 Å². The van der Waals surface area contributed by atoms with Crippen molar-refractivity contribution in [2.45, 2.75) is 38.5 Å². The summed E-state index contributed by atoms with van der Waals surface area (Å²) < 4.78 is 1.06. The fourth-order valence-electron chi connectivity index (χ4n) is 9.99. The van der Waals surface area contributed by atoms with Gasteiger partial charge in [-0.1, -0.05) is 198 Å². The van der Waals surface area contributed by atoms with Crippen LogP contribution in [-0.2, 0) is 10.8 Å². The molecule has 348 valence electrons. The van der Waals surface area contributed by atoms with Gasteiger partial charge in [-0.25, -0.2) is 0 Å². The first-order chi connectivity index (χ1) is 34.5. The Morgan fingerprint density at radius 3 is 1.17 bits per heavy atom. The van der Waals surface area contributed by atoms with E-state index in [2.05, 4.69) is 266 Å². The Bertz CT molecular complexity index is 3450. The number of nitrogens with two attached hydrogens (primary N) is 1. The van der Waals surface area contributed by atoms with Crippen molar-refractivity contribution in [3.05, 3.63) is 269 Å². The quantitative estimate of drug-likeness (QED) is 0.115. The van der Waals surface area contributed by atoms with Crippen LogP contribution >= 0.6 is 15.9 Å². The third kappa shape index (κ3) is 9.88. The van der Waals surface area contributed by atoms with Gasteiger partial charge in [-0.15, -0.1) is 0 Å². The van der Waals surface area contributed by atoms with Crippen LogP contribution in [0.1, 0.15) is 49.9 Å². The molecular formula is C66H57BrN4. The summed E-state index contributed by atoms with van der Waals surface area (Å²) in [5, 5.41) is 10.7. The highest BCUT2D eigenvalue weighted by atomic mass is 79.9. The van der Waals surface area contributed by atoms with Crippen LogP contribution in [0, 0.1) is 0 Å². The normalized spacial score (nSPS) is 12.9. The van der Waals surface area contributed by atoms with E-state index in [1.54, 1.807) is 0 Å². The first-order valence-corrected chi connectivity index (χ1v) is 25.0. The molecule has 0 saturated heterocycles.